The first kappa shape index (κ1) is 19.9. The molecule has 0 fully saturated rings. The van der Waals surface area contributed by atoms with E-state index in [0.29, 0.717) is 17.6 Å². The minimum atomic E-state index is -0.525. The first-order valence-corrected chi connectivity index (χ1v) is 10.4. The number of Topliss-reactive ketones (excluding diaryl/α,β-unsaturated/α-hetero) is 1. The molecule has 160 valence electrons. The molecule has 0 unspecified atom stereocenters. The predicted octanol–water partition coefficient (Wildman–Crippen LogP) is 5.71. The van der Waals surface area contributed by atoms with Gasteiger partial charge in [-0.3, -0.25) is 14.9 Å². The Kier molecular flexibility index (Phi) is 4.93. The molecular formula is C25H20FN3O3. The van der Waals surface area contributed by atoms with Gasteiger partial charge in [0, 0.05) is 29.8 Å². The monoisotopic (exact) mass is 429 g/mol. The summed E-state index contributed by atoms with van der Waals surface area (Å²) in [4.78, 5) is 24.3. The number of fused-ring (bicyclic) bond motifs is 1. The summed E-state index contributed by atoms with van der Waals surface area (Å²) < 4.78 is 13.4. The topological polar surface area (TPSA) is 84.3 Å². The number of rotatable bonds is 3. The van der Waals surface area contributed by atoms with E-state index in [2.05, 4.69) is 10.6 Å². The van der Waals surface area contributed by atoms with Crippen LogP contribution >= 0.6 is 0 Å². The molecule has 0 amide bonds. The maximum Gasteiger partial charge on any atom is 0.269 e. The molecule has 2 N–H and O–H groups in total. The molecule has 7 heteroatoms. The van der Waals surface area contributed by atoms with Crippen LogP contribution in [0.3, 0.4) is 0 Å². The number of nitro benzene ring substituents is 1. The van der Waals surface area contributed by atoms with Gasteiger partial charge >= 0.3 is 0 Å². The van der Waals surface area contributed by atoms with Crippen LogP contribution in [0.15, 0.2) is 84.1 Å². The molecule has 1 heterocycles. The third kappa shape index (κ3) is 3.62. The van der Waals surface area contributed by atoms with Crippen molar-refractivity contribution in [2.45, 2.75) is 24.8 Å². The molecule has 3 aromatic rings. The molecule has 1 aliphatic heterocycles. The molecule has 0 saturated carbocycles. The van der Waals surface area contributed by atoms with Crippen molar-refractivity contribution in [2.24, 2.45) is 0 Å². The zero-order valence-electron chi connectivity index (χ0n) is 17.0. The van der Waals surface area contributed by atoms with E-state index < -0.39 is 11.0 Å². The summed E-state index contributed by atoms with van der Waals surface area (Å²) in [5.41, 5.74) is 4.54. The Balaban J connectivity index is 1.61. The average Bonchev–Trinajstić information content (AvgIpc) is 2.96. The highest BCUT2D eigenvalue weighted by Gasteiger charge is 2.36. The van der Waals surface area contributed by atoms with Crippen molar-refractivity contribution in [1.29, 1.82) is 0 Å². The van der Waals surface area contributed by atoms with E-state index in [1.807, 2.05) is 24.3 Å². The number of nitro groups is 1. The van der Waals surface area contributed by atoms with Crippen LogP contribution in [0.2, 0.25) is 0 Å². The minimum Gasteiger partial charge on any atom is -0.372 e. The number of nitrogens with zero attached hydrogens (tertiary/aromatic N) is 1. The second kappa shape index (κ2) is 7.92. The summed E-state index contributed by atoms with van der Waals surface area (Å²) in [5.74, 6) is -0.428. The van der Waals surface area contributed by atoms with Crippen molar-refractivity contribution >= 4 is 22.8 Å². The summed E-state index contributed by atoms with van der Waals surface area (Å²) in [6.45, 7) is 0. The van der Waals surface area contributed by atoms with Crippen molar-refractivity contribution < 1.29 is 14.1 Å². The molecule has 32 heavy (non-hydrogen) atoms. The van der Waals surface area contributed by atoms with Gasteiger partial charge in [0.1, 0.15) is 5.82 Å². The van der Waals surface area contributed by atoms with Crippen molar-refractivity contribution in [2.75, 3.05) is 10.6 Å². The summed E-state index contributed by atoms with van der Waals surface area (Å²) >= 11 is 0. The van der Waals surface area contributed by atoms with Crippen LogP contribution in [-0.4, -0.2) is 10.7 Å². The van der Waals surface area contributed by atoms with Crippen LogP contribution in [0.25, 0.3) is 0 Å². The molecule has 0 spiro atoms. The molecule has 0 bridgehead atoms. The van der Waals surface area contributed by atoms with Gasteiger partial charge in [-0.15, -0.1) is 0 Å². The lowest BCUT2D eigenvalue weighted by Gasteiger charge is -2.30. The smallest absolute Gasteiger partial charge is 0.269 e. The van der Waals surface area contributed by atoms with Gasteiger partial charge in [-0.25, -0.2) is 4.39 Å². The van der Waals surface area contributed by atoms with E-state index in [0.717, 1.165) is 22.6 Å². The summed E-state index contributed by atoms with van der Waals surface area (Å²) in [5, 5.41) is 18.2. The zero-order valence-corrected chi connectivity index (χ0v) is 17.0. The number of ketones is 1. The van der Waals surface area contributed by atoms with E-state index in [1.54, 1.807) is 24.3 Å². The number of halogens is 1. The van der Waals surface area contributed by atoms with Gasteiger partial charge in [0.25, 0.3) is 5.69 Å². The second-order valence-electron chi connectivity index (χ2n) is 8.07. The van der Waals surface area contributed by atoms with E-state index in [9.17, 15) is 19.3 Å². The third-order valence-corrected chi connectivity index (χ3v) is 6.06. The Morgan fingerprint density at radius 1 is 0.906 bits per heavy atom. The van der Waals surface area contributed by atoms with Gasteiger partial charge < -0.3 is 10.6 Å². The Morgan fingerprint density at radius 2 is 1.66 bits per heavy atom. The van der Waals surface area contributed by atoms with Crippen molar-refractivity contribution in [3.8, 4) is 0 Å². The normalized spacial score (nSPS) is 19.8. The van der Waals surface area contributed by atoms with Gasteiger partial charge in [0.15, 0.2) is 5.78 Å². The van der Waals surface area contributed by atoms with Crippen LogP contribution < -0.4 is 10.6 Å². The van der Waals surface area contributed by atoms with Crippen LogP contribution in [-0.2, 0) is 4.79 Å². The van der Waals surface area contributed by atoms with Crippen LogP contribution in [0.1, 0.15) is 35.9 Å². The predicted molar refractivity (Wildman–Crippen MR) is 120 cm³/mol. The maximum atomic E-state index is 13.4. The lowest BCUT2D eigenvalue weighted by Crippen LogP contribution is -2.26. The Morgan fingerprint density at radius 3 is 2.41 bits per heavy atom. The molecule has 0 aromatic heterocycles. The van der Waals surface area contributed by atoms with Crippen molar-refractivity contribution in [3.05, 3.63) is 111 Å². The summed E-state index contributed by atoms with van der Waals surface area (Å²) in [6, 6.07) is 19.8. The number of anilines is 2. The Bertz CT molecular complexity index is 1250. The van der Waals surface area contributed by atoms with E-state index in [4.69, 9.17) is 0 Å². The number of para-hydroxylation sites is 2. The number of carbonyl (C=O) groups excluding carboxylic acids is 1. The Labute approximate surface area is 183 Å². The number of carbonyl (C=O) groups is 1. The maximum absolute atomic E-state index is 13.4. The number of hydrogen-bond acceptors (Lipinski definition) is 5. The quantitative estimate of drug-likeness (QED) is 0.411. The molecule has 0 saturated heterocycles. The number of nitrogens with one attached hydrogen (secondary N) is 2. The van der Waals surface area contributed by atoms with Gasteiger partial charge in [0.05, 0.1) is 22.3 Å². The molecule has 0 radical (unpaired) electrons. The zero-order chi connectivity index (χ0) is 22.2. The van der Waals surface area contributed by atoms with Crippen LogP contribution in [0.4, 0.5) is 21.5 Å². The first-order chi connectivity index (χ1) is 15.5. The van der Waals surface area contributed by atoms with Gasteiger partial charge in [0.2, 0.25) is 0 Å². The minimum absolute atomic E-state index is 0.0237. The SMILES string of the molecule is O=C1C[C@@H](c2ccc(F)cc2)CC2=C1[C@@H](c1cccc([N+](=O)[O-])c1)Nc1ccccc1N2. The molecule has 2 aliphatic rings. The fraction of sp³-hybridized carbons (Fsp3) is 0.160. The van der Waals surface area contributed by atoms with Crippen LogP contribution in [0.5, 0.6) is 0 Å². The standard InChI is InChI=1S/C25H20FN3O3/c26-18-10-8-15(9-11-18)17-13-22-24(23(30)14-17)25(16-4-3-5-19(12-16)29(31)32)28-21-7-2-1-6-20(21)27-22/h1-12,17,25,27-28H,13-14H2/t17-,25+/m0/s1. The molecule has 3 aromatic carbocycles. The highest BCUT2D eigenvalue weighted by Crippen LogP contribution is 2.44. The highest BCUT2D eigenvalue weighted by molar-refractivity contribution is 6.01. The fourth-order valence-corrected chi connectivity index (χ4v) is 4.53. The molecule has 1 aliphatic carbocycles. The van der Waals surface area contributed by atoms with Gasteiger partial charge in [-0.2, -0.15) is 0 Å². The molecular weight excluding hydrogens is 409 g/mol. The number of allylic oxidation sites excluding steroid dienone is 1. The number of non-ortho nitro benzene ring substituents is 1. The van der Waals surface area contributed by atoms with Crippen LogP contribution in [0, 0.1) is 15.9 Å². The molecule has 2 atom stereocenters. The van der Waals surface area contributed by atoms with E-state index >= 15 is 0 Å². The summed E-state index contributed by atoms with van der Waals surface area (Å²) in [6.07, 6.45) is 0.865. The fourth-order valence-electron chi connectivity index (χ4n) is 4.53. The van der Waals surface area contributed by atoms with E-state index in [1.165, 1.54) is 24.3 Å². The van der Waals surface area contributed by atoms with Gasteiger partial charge in [-0.1, -0.05) is 36.4 Å². The lowest BCUT2D eigenvalue weighted by atomic mass is 9.78. The molecule has 6 nitrogen and oxygen atoms in total. The van der Waals surface area contributed by atoms with Crippen molar-refractivity contribution in [3.63, 3.8) is 0 Å². The molecule has 5 rings (SSSR count). The summed E-state index contributed by atoms with van der Waals surface area (Å²) in [7, 11) is 0. The van der Waals surface area contributed by atoms with Crippen molar-refractivity contribution in [1.82, 2.24) is 0 Å². The number of benzene rings is 3. The second-order valence-corrected chi connectivity index (χ2v) is 8.07. The largest absolute Gasteiger partial charge is 0.372 e. The lowest BCUT2D eigenvalue weighted by molar-refractivity contribution is -0.384. The third-order valence-electron chi connectivity index (χ3n) is 6.06. The average molecular weight is 429 g/mol. The van der Waals surface area contributed by atoms with E-state index in [-0.39, 0.29) is 29.6 Å². The highest BCUT2D eigenvalue weighted by atomic mass is 19.1. The number of hydrogen-bond donors (Lipinski definition) is 2. The first-order valence-electron chi connectivity index (χ1n) is 10.4. The Hall–Kier alpha value is -4.00. The van der Waals surface area contributed by atoms with Gasteiger partial charge in [-0.05, 0) is 47.7 Å².